The van der Waals surface area contributed by atoms with Crippen LogP contribution in [-0.2, 0) is 10.1 Å². The van der Waals surface area contributed by atoms with E-state index in [2.05, 4.69) is 0 Å². The minimum absolute atomic E-state index is 0.461. The summed E-state index contributed by atoms with van der Waals surface area (Å²) in [5, 5.41) is 9.53. The Labute approximate surface area is 95.1 Å². The second-order valence-electron chi connectivity index (χ2n) is 3.75. The Balaban J connectivity index is 2.82. The number of anilines is 1. The molecule has 1 atom stereocenters. The van der Waals surface area contributed by atoms with E-state index in [0.717, 1.165) is 5.69 Å². The quantitative estimate of drug-likeness (QED) is 0.762. The van der Waals surface area contributed by atoms with Gasteiger partial charge in [0.25, 0.3) is 10.1 Å². The number of rotatable bonds is 4. The Hall–Kier alpha value is -1.11. The maximum atomic E-state index is 10.6. The van der Waals surface area contributed by atoms with Crippen LogP contribution in [0.25, 0.3) is 0 Å². The van der Waals surface area contributed by atoms with E-state index in [-0.39, 0.29) is 0 Å². The largest absolute Gasteiger partial charge is 0.387 e. The molecule has 0 heterocycles. The number of nitrogens with zero attached hydrogens (tertiary/aromatic N) is 1. The van der Waals surface area contributed by atoms with Crippen molar-refractivity contribution in [1.82, 2.24) is 0 Å². The maximum Gasteiger partial charge on any atom is 0.267 e. The van der Waals surface area contributed by atoms with Crippen LogP contribution in [-0.4, -0.2) is 37.9 Å². The van der Waals surface area contributed by atoms with Crippen LogP contribution in [0.3, 0.4) is 0 Å². The molecule has 6 heteroatoms. The third kappa shape index (κ3) is 3.80. The Morgan fingerprint density at radius 3 is 2.12 bits per heavy atom. The van der Waals surface area contributed by atoms with Crippen molar-refractivity contribution in [2.24, 2.45) is 0 Å². The smallest absolute Gasteiger partial charge is 0.267 e. The average molecular weight is 245 g/mol. The zero-order valence-electron chi connectivity index (χ0n) is 9.16. The molecular formula is C10H15NO4S. The van der Waals surface area contributed by atoms with Crippen molar-refractivity contribution in [3.63, 3.8) is 0 Å². The Morgan fingerprint density at radius 1 is 1.25 bits per heavy atom. The predicted molar refractivity (Wildman–Crippen MR) is 62.1 cm³/mol. The van der Waals surface area contributed by atoms with Crippen LogP contribution in [0.1, 0.15) is 11.7 Å². The molecule has 2 N–H and O–H groups in total. The highest BCUT2D eigenvalue weighted by molar-refractivity contribution is 7.85. The molecule has 0 aliphatic rings. The van der Waals surface area contributed by atoms with E-state index >= 15 is 0 Å². The van der Waals surface area contributed by atoms with Crippen molar-refractivity contribution >= 4 is 15.8 Å². The summed E-state index contributed by atoms with van der Waals surface area (Å²) in [7, 11) is -0.401. The third-order valence-electron chi connectivity index (χ3n) is 2.16. The summed E-state index contributed by atoms with van der Waals surface area (Å²) < 4.78 is 29.8. The number of aliphatic hydroxyl groups is 1. The first kappa shape index (κ1) is 13.0. The molecule has 1 unspecified atom stereocenters. The summed E-state index contributed by atoms with van der Waals surface area (Å²) in [6.07, 6.45) is -1.20. The molecular weight excluding hydrogens is 230 g/mol. The summed E-state index contributed by atoms with van der Waals surface area (Å²) in [6.45, 7) is 0. The minimum Gasteiger partial charge on any atom is -0.387 e. The van der Waals surface area contributed by atoms with Crippen molar-refractivity contribution in [2.75, 3.05) is 24.7 Å². The van der Waals surface area contributed by atoms with Crippen molar-refractivity contribution in [1.29, 1.82) is 0 Å². The molecule has 1 aromatic carbocycles. The van der Waals surface area contributed by atoms with E-state index in [9.17, 15) is 13.5 Å². The van der Waals surface area contributed by atoms with E-state index in [4.69, 9.17) is 4.55 Å². The SMILES string of the molecule is CN(C)c1ccc(C(O)CS(=O)(=O)O)cc1. The number of hydrogen-bond acceptors (Lipinski definition) is 4. The van der Waals surface area contributed by atoms with Gasteiger partial charge < -0.3 is 10.0 Å². The second kappa shape index (κ2) is 4.82. The lowest BCUT2D eigenvalue weighted by molar-refractivity contribution is 0.199. The van der Waals surface area contributed by atoms with Gasteiger partial charge in [-0.2, -0.15) is 8.42 Å². The van der Waals surface area contributed by atoms with Crippen LogP contribution in [0.5, 0.6) is 0 Å². The summed E-state index contributed by atoms with van der Waals surface area (Å²) >= 11 is 0. The van der Waals surface area contributed by atoms with Gasteiger partial charge in [0.15, 0.2) is 0 Å². The van der Waals surface area contributed by atoms with Gasteiger partial charge in [0.2, 0.25) is 0 Å². The fourth-order valence-corrected chi connectivity index (χ4v) is 1.88. The molecule has 0 amide bonds. The fourth-order valence-electron chi connectivity index (χ4n) is 1.29. The standard InChI is InChI=1S/C10H15NO4S/c1-11(2)9-5-3-8(4-6-9)10(12)7-16(13,14)15/h3-6,10,12H,7H2,1-2H3,(H,13,14,15). The first-order valence-corrected chi connectivity index (χ1v) is 6.31. The van der Waals surface area contributed by atoms with Crippen molar-refractivity contribution in [2.45, 2.75) is 6.10 Å². The number of benzene rings is 1. The van der Waals surface area contributed by atoms with Crippen LogP contribution in [0.4, 0.5) is 5.69 Å². The molecule has 0 fully saturated rings. The van der Waals surface area contributed by atoms with E-state index in [1.165, 1.54) is 0 Å². The molecule has 0 bridgehead atoms. The molecule has 0 radical (unpaired) electrons. The highest BCUT2D eigenvalue weighted by atomic mass is 32.2. The molecule has 0 spiro atoms. The molecule has 0 aromatic heterocycles. The van der Waals surface area contributed by atoms with Gasteiger partial charge >= 0.3 is 0 Å². The number of hydrogen-bond donors (Lipinski definition) is 2. The van der Waals surface area contributed by atoms with Crippen LogP contribution in [0, 0.1) is 0 Å². The van der Waals surface area contributed by atoms with Gasteiger partial charge in [-0.15, -0.1) is 0 Å². The summed E-state index contributed by atoms with van der Waals surface area (Å²) in [5.41, 5.74) is 1.41. The molecule has 90 valence electrons. The highest BCUT2D eigenvalue weighted by Crippen LogP contribution is 2.18. The maximum absolute atomic E-state index is 10.6. The summed E-state index contributed by atoms with van der Waals surface area (Å²) in [6, 6.07) is 6.79. The molecule has 0 saturated carbocycles. The monoisotopic (exact) mass is 245 g/mol. The zero-order valence-corrected chi connectivity index (χ0v) is 9.98. The van der Waals surface area contributed by atoms with Crippen molar-refractivity contribution in [3.8, 4) is 0 Å². The average Bonchev–Trinajstić information content (AvgIpc) is 2.15. The Bertz CT molecular complexity index is 438. The highest BCUT2D eigenvalue weighted by Gasteiger charge is 2.15. The summed E-state index contributed by atoms with van der Waals surface area (Å²) in [5.74, 6) is -0.686. The lowest BCUT2D eigenvalue weighted by Crippen LogP contribution is -2.13. The van der Waals surface area contributed by atoms with E-state index in [1.807, 2.05) is 19.0 Å². The van der Waals surface area contributed by atoms with Crippen LogP contribution >= 0.6 is 0 Å². The first-order valence-electron chi connectivity index (χ1n) is 4.70. The molecule has 16 heavy (non-hydrogen) atoms. The number of aliphatic hydroxyl groups excluding tert-OH is 1. The van der Waals surface area contributed by atoms with E-state index in [1.54, 1.807) is 24.3 Å². The van der Waals surface area contributed by atoms with Gasteiger partial charge in [-0.05, 0) is 17.7 Å². The normalized spacial score (nSPS) is 13.5. The second-order valence-corrected chi connectivity index (χ2v) is 5.25. The lowest BCUT2D eigenvalue weighted by atomic mass is 10.1. The molecule has 0 aliphatic heterocycles. The van der Waals surface area contributed by atoms with E-state index < -0.39 is 22.0 Å². The van der Waals surface area contributed by atoms with Gasteiger partial charge in [0.05, 0.1) is 6.10 Å². The first-order chi connectivity index (χ1) is 7.29. The topological polar surface area (TPSA) is 77.8 Å². The Kier molecular flexibility index (Phi) is 3.90. The van der Waals surface area contributed by atoms with Crippen LogP contribution < -0.4 is 4.90 Å². The summed E-state index contributed by atoms with van der Waals surface area (Å²) in [4.78, 5) is 1.89. The molecule has 5 nitrogen and oxygen atoms in total. The molecule has 1 aromatic rings. The molecule has 0 aliphatic carbocycles. The van der Waals surface area contributed by atoms with Gasteiger partial charge in [-0.1, -0.05) is 12.1 Å². The molecule has 1 rings (SSSR count). The van der Waals surface area contributed by atoms with Gasteiger partial charge in [0.1, 0.15) is 5.75 Å². The third-order valence-corrected chi connectivity index (χ3v) is 2.90. The fraction of sp³-hybridized carbons (Fsp3) is 0.400. The van der Waals surface area contributed by atoms with Gasteiger partial charge in [-0.25, -0.2) is 0 Å². The predicted octanol–water partition coefficient (Wildman–Crippen LogP) is 0.674. The lowest BCUT2D eigenvalue weighted by Gasteiger charge is -2.14. The van der Waals surface area contributed by atoms with E-state index in [0.29, 0.717) is 5.56 Å². The van der Waals surface area contributed by atoms with Gasteiger partial charge in [-0.3, -0.25) is 4.55 Å². The van der Waals surface area contributed by atoms with Gasteiger partial charge in [0, 0.05) is 19.8 Å². The van der Waals surface area contributed by atoms with Crippen LogP contribution in [0.2, 0.25) is 0 Å². The van der Waals surface area contributed by atoms with Crippen LogP contribution in [0.15, 0.2) is 24.3 Å². The minimum atomic E-state index is -4.16. The Morgan fingerprint density at radius 2 is 1.75 bits per heavy atom. The zero-order chi connectivity index (χ0) is 12.3. The van der Waals surface area contributed by atoms with Crippen molar-refractivity contribution in [3.05, 3.63) is 29.8 Å². The van der Waals surface area contributed by atoms with Crippen molar-refractivity contribution < 1.29 is 18.1 Å². The molecule has 0 saturated heterocycles.